The minimum Gasteiger partial charge on any atom is -0.507 e. The predicted octanol–water partition coefficient (Wildman–Crippen LogP) is 5.81. The van der Waals surface area contributed by atoms with Crippen LogP contribution in [-0.2, 0) is 0 Å². The molecule has 1 heterocycles. The lowest BCUT2D eigenvalue weighted by atomic mass is 9.99. The molecule has 0 aliphatic rings. The van der Waals surface area contributed by atoms with Crippen LogP contribution >= 0.6 is 0 Å². The molecule has 0 saturated heterocycles. The third kappa shape index (κ3) is 3.92. The summed E-state index contributed by atoms with van der Waals surface area (Å²) in [6.45, 7) is 0. The van der Waals surface area contributed by atoms with Gasteiger partial charge in [-0.05, 0) is 71.8 Å². The molecular weight excluding hydrogens is 362 g/mol. The number of para-hydroxylation sites is 1. The predicted molar refractivity (Wildman–Crippen MR) is 115 cm³/mol. The highest BCUT2D eigenvalue weighted by molar-refractivity contribution is 5.78. The van der Waals surface area contributed by atoms with Crippen molar-refractivity contribution in [1.29, 1.82) is 0 Å². The summed E-state index contributed by atoms with van der Waals surface area (Å²) >= 11 is 0. The molecule has 0 radical (unpaired) electrons. The molecule has 4 rings (SSSR count). The van der Waals surface area contributed by atoms with Gasteiger partial charge in [0.25, 0.3) is 0 Å². The molecule has 0 unspecified atom stereocenters. The zero-order valence-electron chi connectivity index (χ0n) is 16.3. The Morgan fingerprint density at radius 3 is 1.76 bits per heavy atom. The van der Waals surface area contributed by atoms with Gasteiger partial charge < -0.3 is 14.6 Å². The Labute approximate surface area is 170 Å². The van der Waals surface area contributed by atoms with Crippen LogP contribution in [0, 0.1) is 0 Å². The molecule has 144 valence electrons. The van der Waals surface area contributed by atoms with E-state index in [1.165, 1.54) is 0 Å². The smallest absolute Gasteiger partial charge is 0.124 e. The van der Waals surface area contributed by atoms with Gasteiger partial charge in [0.05, 0.1) is 25.6 Å². The van der Waals surface area contributed by atoms with Gasteiger partial charge in [-0.3, -0.25) is 0 Å². The molecule has 1 N–H and O–H groups in total. The molecule has 0 amide bonds. The molecule has 0 aliphatic heterocycles. The Bertz CT molecular complexity index is 1050. The number of hydrogen-bond acceptors (Lipinski definition) is 4. The first kappa shape index (κ1) is 18.6. The second kappa shape index (κ2) is 8.07. The van der Waals surface area contributed by atoms with Crippen molar-refractivity contribution < 1.29 is 14.6 Å². The molecule has 4 aromatic rings. The van der Waals surface area contributed by atoms with Crippen LogP contribution in [0.5, 0.6) is 17.2 Å². The summed E-state index contributed by atoms with van der Waals surface area (Å²) in [5.41, 5.74) is 5.24. The lowest BCUT2D eigenvalue weighted by Gasteiger charge is -2.12. The number of phenols is 1. The number of aromatic nitrogens is 1. The van der Waals surface area contributed by atoms with E-state index >= 15 is 0 Å². The number of aromatic hydroxyl groups is 1. The summed E-state index contributed by atoms with van der Waals surface area (Å²) in [6.07, 6.45) is 0. The van der Waals surface area contributed by atoms with Gasteiger partial charge in [-0.2, -0.15) is 0 Å². The van der Waals surface area contributed by atoms with Crippen LogP contribution in [0.25, 0.3) is 33.6 Å². The standard InChI is InChI=1S/C25H21NO3/c1-28-20-11-7-17(8-12-20)19-15-23(18-9-13-21(29-2)14-10-18)26-24(16-19)22-5-3-4-6-25(22)27/h3-16,27H,1-2H3. The van der Waals surface area contributed by atoms with Gasteiger partial charge in [-0.25, -0.2) is 4.98 Å². The van der Waals surface area contributed by atoms with Crippen LogP contribution in [0.1, 0.15) is 0 Å². The van der Waals surface area contributed by atoms with Gasteiger partial charge in [0.15, 0.2) is 0 Å². The number of ether oxygens (including phenoxy) is 2. The van der Waals surface area contributed by atoms with E-state index in [1.54, 1.807) is 26.4 Å². The molecule has 1 aromatic heterocycles. The Kier molecular flexibility index (Phi) is 5.16. The summed E-state index contributed by atoms with van der Waals surface area (Å²) in [4.78, 5) is 4.82. The van der Waals surface area contributed by atoms with Crippen molar-refractivity contribution >= 4 is 0 Å². The lowest BCUT2D eigenvalue weighted by Crippen LogP contribution is -1.92. The topological polar surface area (TPSA) is 51.6 Å². The fourth-order valence-electron chi connectivity index (χ4n) is 3.22. The first-order valence-electron chi connectivity index (χ1n) is 9.27. The van der Waals surface area contributed by atoms with Crippen molar-refractivity contribution in [2.24, 2.45) is 0 Å². The van der Waals surface area contributed by atoms with E-state index in [4.69, 9.17) is 14.5 Å². The summed E-state index contributed by atoms with van der Waals surface area (Å²) < 4.78 is 10.5. The maximum Gasteiger partial charge on any atom is 0.124 e. The Hall–Kier alpha value is -3.79. The third-order valence-electron chi connectivity index (χ3n) is 4.81. The van der Waals surface area contributed by atoms with E-state index in [0.717, 1.165) is 33.9 Å². The minimum absolute atomic E-state index is 0.201. The van der Waals surface area contributed by atoms with Crippen LogP contribution in [0.2, 0.25) is 0 Å². The molecule has 4 nitrogen and oxygen atoms in total. The van der Waals surface area contributed by atoms with Gasteiger partial charge in [0.2, 0.25) is 0 Å². The van der Waals surface area contributed by atoms with E-state index in [9.17, 15) is 5.11 Å². The lowest BCUT2D eigenvalue weighted by molar-refractivity contribution is 0.415. The fourth-order valence-corrected chi connectivity index (χ4v) is 3.22. The first-order chi connectivity index (χ1) is 14.2. The van der Waals surface area contributed by atoms with Gasteiger partial charge in [-0.1, -0.05) is 24.3 Å². The number of rotatable bonds is 5. The second-order valence-electron chi connectivity index (χ2n) is 6.60. The highest BCUT2D eigenvalue weighted by Gasteiger charge is 2.11. The van der Waals surface area contributed by atoms with Gasteiger partial charge in [0, 0.05) is 11.1 Å². The Morgan fingerprint density at radius 2 is 1.17 bits per heavy atom. The zero-order chi connectivity index (χ0) is 20.2. The maximum atomic E-state index is 10.4. The number of benzene rings is 3. The molecule has 0 saturated carbocycles. The van der Waals surface area contributed by atoms with Crippen LogP contribution in [0.4, 0.5) is 0 Å². The van der Waals surface area contributed by atoms with E-state index < -0.39 is 0 Å². The summed E-state index contributed by atoms with van der Waals surface area (Å²) in [6, 6.07) is 27.0. The monoisotopic (exact) mass is 383 g/mol. The molecule has 3 aromatic carbocycles. The van der Waals surface area contributed by atoms with Crippen molar-refractivity contribution in [3.63, 3.8) is 0 Å². The molecule has 0 fully saturated rings. The number of nitrogens with zero attached hydrogens (tertiary/aromatic N) is 1. The molecule has 0 aliphatic carbocycles. The average Bonchev–Trinajstić information content (AvgIpc) is 2.79. The van der Waals surface area contributed by atoms with Crippen molar-refractivity contribution in [1.82, 2.24) is 4.98 Å². The summed E-state index contributed by atoms with van der Waals surface area (Å²) in [5.74, 6) is 1.80. The molecule has 0 bridgehead atoms. The summed E-state index contributed by atoms with van der Waals surface area (Å²) in [7, 11) is 3.30. The Balaban J connectivity index is 1.87. The molecule has 4 heteroatoms. The fraction of sp³-hybridized carbons (Fsp3) is 0.0800. The van der Waals surface area contributed by atoms with Crippen LogP contribution in [-0.4, -0.2) is 24.3 Å². The highest BCUT2D eigenvalue weighted by atomic mass is 16.5. The average molecular weight is 383 g/mol. The van der Waals surface area contributed by atoms with Crippen LogP contribution < -0.4 is 9.47 Å². The van der Waals surface area contributed by atoms with Crippen molar-refractivity contribution in [2.75, 3.05) is 14.2 Å². The SMILES string of the molecule is COc1ccc(-c2cc(-c3ccc(OC)cc3)nc(-c3ccccc3O)c2)cc1. The maximum absolute atomic E-state index is 10.4. The minimum atomic E-state index is 0.201. The van der Waals surface area contributed by atoms with E-state index in [1.807, 2.05) is 72.8 Å². The number of methoxy groups -OCH3 is 2. The summed E-state index contributed by atoms with van der Waals surface area (Å²) in [5, 5.41) is 10.4. The van der Waals surface area contributed by atoms with Crippen molar-refractivity contribution in [3.8, 4) is 50.9 Å². The van der Waals surface area contributed by atoms with Gasteiger partial charge in [-0.15, -0.1) is 0 Å². The number of phenolic OH excluding ortho intramolecular Hbond substituents is 1. The van der Waals surface area contributed by atoms with E-state index in [0.29, 0.717) is 11.3 Å². The zero-order valence-corrected chi connectivity index (χ0v) is 16.3. The second-order valence-corrected chi connectivity index (χ2v) is 6.60. The first-order valence-corrected chi connectivity index (χ1v) is 9.27. The van der Waals surface area contributed by atoms with Crippen molar-refractivity contribution in [2.45, 2.75) is 0 Å². The van der Waals surface area contributed by atoms with Gasteiger partial charge in [0.1, 0.15) is 17.2 Å². The number of pyridine rings is 1. The largest absolute Gasteiger partial charge is 0.507 e. The van der Waals surface area contributed by atoms with Crippen LogP contribution in [0.15, 0.2) is 84.9 Å². The van der Waals surface area contributed by atoms with Crippen LogP contribution in [0.3, 0.4) is 0 Å². The third-order valence-corrected chi connectivity index (χ3v) is 4.81. The molecule has 29 heavy (non-hydrogen) atoms. The van der Waals surface area contributed by atoms with Gasteiger partial charge >= 0.3 is 0 Å². The highest BCUT2D eigenvalue weighted by Crippen LogP contribution is 2.34. The molecular formula is C25H21NO3. The molecule has 0 spiro atoms. The number of hydrogen-bond donors (Lipinski definition) is 1. The van der Waals surface area contributed by atoms with E-state index in [-0.39, 0.29) is 5.75 Å². The Morgan fingerprint density at radius 1 is 0.621 bits per heavy atom. The molecule has 0 atom stereocenters. The van der Waals surface area contributed by atoms with Crippen molar-refractivity contribution in [3.05, 3.63) is 84.9 Å². The van der Waals surface area contributed by atoms with E-state index in [2.05, 4.69) is 0 Å². The normalized spacial score (nSPS) is 10.6. The quantitative estimate of drug-likeness (QED) is 0.473.